The number of alkyl halides is 1. The van der Waals surface area contributed by atoms with Crippen LogP contribution in [0.1, 0.15) is 33.6 Å². The van der Waals surface area contributed by atoms with Crippen molar-refractivity contribution in [2.45, 2.75) is 44.6 Å². The first-order valence-corrected chi connectivity index (χ1v) is 4.69. The van der Waals surface area contributed by atoms with Gasteiger partial charge >= 0.3 is 5.97 Å². The molecule has 0 aromatic heterocycles. The molecule has 0 amide bonds. The maximum Gasteiger partial charge on any atom is 0.327 e. The van der Waals surface area contributed by atoms with Gasteiger partial charge in [-0.15, -0.1) is 11.6 Å². The zero-order valence-corrected chi connectivity index (χ0v) is 8.52. The van der Waals surface area contributed by atoms with E-state index >= 15 is 0 Å². The lowest BCUT2D eigenvalue weighted by Gasteiger charge is -2.11. The van der Waals surface area contributed by atoms with Crippen LogP contribution in [-0.2, 0) is 9.53 Å². The van der Waals surface area contributed by atoms with Gasteiger partial charge in [-0.3, -0.25) is 4.79 Å². The number of hydrogen-bond donors (Lipinski definition) is 0. The molecule has 70 valence electrons. The topological polar surface area (TPSA) is 26.3 Å². The van der Waals surface area contributed by atoms with Gasteiger partial charge in [-0.05, 0) is 19.3 Å². The Hall–Kier alpha value is -0.240. The first-order chi connectivity index (χ1) is 5.42. The summed E-state index contributed by atoms with van der Waals surface area (Å²) >= 11 is 5.92. The molecule has 12 heavy (non-hydrogen) atoms. The molecule has 0 N–H and O–H groups in total. The van der Waals surface area contributed by atoms with Crippen molar-refractivity contribution in [1.82, 2.24) is 0 Å². The summed E-state index contributed by atoms with van der Waals surface area (Å²) in [4.78, 5) is 10.4. The van der Waals surface area contributed by atoms with Crippen LogP contribution in [0.4, 0.5) is 0 Å². The number of ether oxygens (including phenoxy) is 1. The Morgan fingerprint density at radius 2 is 2.33 bits per heavy atom. The van der Waals surface area contributed by atoms with Crippen molar-refractivity contribution < 1.29 is 9.53 Å². The van der Waals surface area contributed by atoms with E-state index in [0.717, 1.165) is 6.42 Å². The van der Waals surface area contributed by atoms with E-state index in [-0.39, 0.29) is 12.1 Å². The number of rotatable bonds is 2. The van der Waals surface area contributed by atoms with Gasteiger partial charge in [0.2, 0.25) is 0 Å². The second-order valence-electron chi connectivity index (χ2n) is 4.06. The van der Waals surface area contributed by atoms with Gasteiger partial charge < -0.3 is 4.74 Å². The second-order valence-corrected chi connectivity index (χ2v) is 4.89. The molecular formula is C9H15ClO2. The Morgan fingerprint density at radius 3 is 2.67 bits per heavy atom. The number of hydrogen-bond acceptors (Lipinski definition) is 2. The Bertz CT molecular complexity index is 187. The predicted molar refractivity (Wildman–Crippen MR) is 48.2 cm³/mol. The third-order valence-electron chi connectivity index (χ3n) is 2.04. The highest BCUT2D eigenvalue weighted by Gasteiger charge is 2.43. The number of halogens is 1. The Labute approximate surface area is 78.2 Å². The fraction of sp³-hybridized carbons (Fsp3) is 0.889. The molecule has 1 heterocycles. The molecule has 0 radical (unpaired) electrons. The molecule has 1 aliphatic rings. The van der Waals surface area contributed by atoms with Crippen LogP contribution in [-0.4, -0.2) is 16.9 Å². The summed E-state index contributed by atoms with van der Waals surface area (Å²) in [6, 6.07) is 0. The molecule has 0 spiro atoms. The van der Waals surface area contributed by atoms with Gasteiger partial charge in [-0.2, -0.15) is 0 Å². The molecule has 3 heteroatoms. The summed E-state index contributed by atoms with van der Waals surface area (Å²) in [5.74, 6) is 0.281. The summed E-state index contributed by atoms with van der Waals surface area (Å²) in [5.41, 5.74) is 0. The summed E-state index contributed by atoms with van der Waals surface area (Å²) in [7, 11) is 0. The molecule has 1 fully saturated rings. The second kappa shape index (κ2) is 3.25. The van der Waals surface area contributed by atoms with Gasteiger partial charge in [0, 0.05) is 6.42 Å². The number of carbonyl (C=O) groups excluding carboxylic acids is 1. The third kappa shape index (κ3) is 2.13. The SMILES string of the molecule is CC(C)CC1CC(C)(Cl)C(=O)O1. The van der Waals surface area contributed by atoms with E-state index in [2.05, 4.69) is 13.8 Å². The van der Waals surface area contributed by atoms with Gasteiger partial charge in [0.1, 0.15) is 11.0 Å². The lowest BCUT2D eigenvalue weighted by atomic mass is 9.99. The van der Waals surface area contributed by atoms with Crippen LogP contribution in [0, 0.1) is 5.92 Å². The molecule has 0 aliphatic carbocycles. The zero-order chi connectivity index (χ0) is 9.35. The minimum atomic E-state index is -0.778. The van der Waals surface area contributed by atoms with Gasteiger partial charge in [-0.25, -0.2) is 0 Å². The maximum absolute atomic E-state index is 11.1. The van der Waals surface area contributed by atoms with Gasteiger partial charge in [-0.1, -0.05) is 13.8 Å². The Kier molecular flexibility index (Phi) is 2.67. The summed E-state index contributed by atoms with van der Waals surface area (Å²) < 4.78 is 5.12. The van der Waals surface area contributed by atoms with Crippen molar-refractivity contribution >= 4 is 17.6 Å². The largest absolute Gasteiger partial charge is 0.461 e. The third-order valence-corrected chi connectivity index (χ3v) is 2.35. The first-order valence-electron chi connectivity index (χ1n) is 4.32. The normalized spacial score (nSPS) is 35.8. The molecule has 2 unspecified atom stereocenters. The lowest BCUT2D eigenvalue weighted by Crippen LogP contribution is -2.21. The van der Waals surface area contributed by atoms with Crippen molar-refractivity contribution in [1.29, 1.82) is 0 Å². The lowest BCUT2D eigenvalue weighted by molar-refractivity contribution is -0.143. The molecular weight excluding hydrogens is 176 g/mol. The Balaban J connectivity index is 2.50. The molecule has 1 saturated heterocycles. The smallest absolute Gasteiger partial charge is 0.327 e. The van der Waals surface area contributed by atoms with Crippen LogP contribution in [0.15, 0.2) is 0 Å². The summed E-state index contributed by atoms with van der Waals surface area (Å²) in [6.07, 6.45) is 1.58. The van der Waals surface area contributed by atoms with E-state index in [1.165, 1.54) is 0 Å². The quantitative estimate of drug-likeness (QED) is 0.494. The van der Waals surface area contributed by atoms with Gasteiger partial charge in [0.15, 0.2) is 0 Å². The molecule has 0 aromatic rings. The molecule has 1 rings (SSSR count). The van der Waals surface area contributed by atoms with Crippen LogP contribution in [0.2, 0.25) is 0 Å². The monoisotopic (exact) mass is 190 g/mol. The average Bonchev–Trinajstić information content (AvgIpc) is 2.04. The molecule has 1 aliphatic heterocycles. The van der Waals surface area contributed by atoms with E-state index < -0.39 is 4.87 Å². The van der Waals surface area contributed by atoms with Crippen LogP contribution in [0.5, 0.6) is 0 Å². The zero-order valence-electron chi connectivity index (χ0n) is 7.76. The van der Waals surface area contributed by atoms with E-state index in [4.69, 9.17) is 16.3 Å². The number of cyclic esters (lactones) is 1. The van der Waals surface area contributed by atoms with E-state index in [9.17, 15) is 4.79 Å². The van der Waals surface area contributed by atoms with E-state index in [1.807, 2.05) is 0 Å². The van der Waals surface area contributed by atoms with Crippen LogP contribution in [0.25, 0.3) is 0 Å². The van der Waals surface area contributed by atoms with E-state index in [1.54, 1.807) is 6.92 Å². The standard InChI is InChI=1S/C9H15ClO2/c1-6(2)4-7-5-9(3,10)8(11)12-7/h6-7H,4-5H2,1-3H3. The maximum atomic E-state index is 11.1. The van der Waals surface area contributed by atoms with Crippen LogP contribution in [0.3, 0.4) is 0 Å². The fourth-order valence-corrected chi connectivity index (χ4v) is 1.70. The van der Waals surface area contributed by atoms with Gasteiger partial charge in [0.05, 0.1) is 0 Å². The highest BCUT2D eigenvalue weighted by Crippen LogP contribution is 2.33. The van der Waals surface area contributed by atoms with Crippen molar-refractivity contribution in [2.75, 3.05) is 0 Å². The molecule has 2 nitrogen and oxygen atoms in total. The van der Waals surface area contributed by atoms with Crippen LogP contribution >= 0.6 is 11.6 Å². The molecule has 2 atom stereocenters. The highest BCUT2D eigenvalue weighted by atomic mass is 35.5. The van der Waals surface area contributed by atoms with Crippen LogP contribution < -0.4 is 0 Å². The van der Waals surface area contributed by atoms with Crippen molar-refractivity contribution in [3.63, 3.8) is 0 Å². The van der Waals surface area contributed by atoms with Crippen molar-refractivity contribution in [2.24, 2.45) is 5.92 Å². The first kappa shape index (κ1) is 9.85. The highest BCUT2D eigenvalue weighted by molar-refractivity contribution is 6.34. The van der Waals surface area contributed by atoms with E-state index in [0.29, 0.717) is 12.3 Å². The van der Waals surface area contributed by atoms with Gasteiger partial charge in [0.25, 0.3) is 0 Å². The predicted octanol–water partition coefficient (Wildman–Crippen LogP) is 2.35. The minimum absolute atomic E-state index is 0.0278. The number of carbonyl (C=O) groups is 1. The summed E-state index contributed by atoms with van der Waals surface area (Å²) in [5, 5.41) is 0. The Morgan fingerprint density at radius 1 is 1.75 bits per heavy atom. The van der Waals surface area contributed by atoms with Crippen molar-refractivity contribution in [3.05, 3.63) is 0 Å². The average molecular weight is 191 g/mol. The summed E-state index contributed by atoms with van der Waals surface area (Å²) in [6.45, 7) is 5.94. The minimum Gasteiger partial charge on any atom is -0.461 e. The molecule has 0 aromatic carbocycles. The number of esters is 1. The fourth-order valence-electron chi connectivity index (χ4n) is 1.48. The molecule has 0 saturated carbocycles. The van der Waals surface area contributed by atoms with Crippen molar-refractivity contribution in [3.8, 4) is 0 Å². The molecule has 0 bridgehead atoms.